The number of benzene rings is 2. The van der Waals surface area contributed by atoms with Crippen molar-refractivity contribution in [3.63, 3.8) is 0 Å². The molecule has 164 valence electrons. The zero-order valence-electron chi connectivity index (χ0n) is 17.9. The van der Waals surface area contributed by atoms with Gasteiger partial charge in [0.2, 0.25) is 15.9 Å². The summed E-state index contributed by atoms with van der Waals surface area (Å²) in [6.45, 7) is 4.00. The van der Waals surface area contributed by atoms with E-state index >= 15 is 0 Å². The lowest BCUT2D eigenvalue weighted by Gasteiger charge is -2.21. The van der Waals surface area contributed by atoms with E-state index in [1.807, 2.05) is 38.1 Å². The van der Waals surface area contributed by atoms with Crippen LogP contribution in [0.2, 0.25) is 0 Å². The van der Waals surface area contributed by atoms with Crippen molar-refractivity contribution in [2.24, 2.45) is 7.05 Å². The zero-order valence-corrected chi connectivity index (χ0v) is 19.5. The number of para-hydroxylation sites is 1. The normalized spacial score (nSPS) is 11.4. The Labute approximate surface area is 186 Å². The molecule has 0 aliphatic heterocycles. The molecule has 0 aliphatic rings. The maximum absolute atomic E-state index is 12.4. The quantitative estimate of drug-likeness (QED) is 0.520. The van der Waals surface area contributed by atoms with Crippen molar-refractivity contribution in [1.82, 2.24) is 14.8 Å². The van der Waals surface area contributed by atoms with E-state index in [9.17, 15) is 13.2 Å². The van der Waals surface area contributed by atoms with Crippen molar-refractivity contribution in [1.29, 1.82) is 0 Å². The Morgan fingerprint density at radius 2 is 1.81 bits per heavy atom. The second kappa shape index (κ2) is 9.52. The van der Waals surface area contributed by atoms with Crippen LogP contribution < -0.4 is 9.62 Å². The van der Waals surface area contributed by atoms with Crippen molar-refractivity contribution in [2.75, 3.05) is 21.6 Å². The van der Waals surface area contributed by atoms with Crippen LogP contribution in [0, 0.1) is 13.8 Å². The summed E-state index contributed by atoms with van der Waals surface area (Å²) in [5.41, 5.74) is 3.48. The van der Waals surface area contributed by atoms with Crippen LogP contribution in [0.1, 0.15) is 17.0 Å². The molecule has 0 spiro atoms. The third-order valence-electron chi connectivity index (χ3n) is 4.87. The number of carbonyl (C=O) groups excluding carboxylic acids is 1. The largest absolute Gasteiger partial charge is 0.325 e. The van der Waals surface area contributed by atoms with Gasteiger partial charge in [0.05, 0.1) is 24.2 Å². The molecule has 0 bridgehead atoms. The van der Waals surface area contributed by atoms with E-state index in [0.717, 1.165) is 23.1 Å². The van der Waals surface area contributed by atoms with Gasteiger partial charge in [0, 0.05) is 12.7 Å². The van der Waals surface area contributed by atoms with Gasteiger partial charge in [0.25, 0.3) is 0 Å². The molecular formula is C21H25N5O3S2. The van der Waals surface area contributed by atoms with Crippen LogP contribution in [0.3, 0.4) is 0 Å². The second-order valence-electron chi connectivity index (χ2n) is 7.15. The van der Waals surface area contributed by atoms with Crippen molar-refractivity contribution in [3.05, 3.63) is 65.5 Å². The lowest BCUT2D eigenvalue weighted by molar-refractivity contribution is -0.113. The van der Waals surface area contributed by atoms with Gasteiger partial charge in [-0.25, -0.2) is 8.42 Å². The zero-order chi connectivity index (χ0) is 22.6. The van der Waals surface area contributed by atoms with Crippen molar-refractivity contribution < 1.29 is 13.2 Å². The summed E-state index contributed by atoms with van der Waals surface area (Å²) in [5, 5.41) is 11.7. The second-order valence-corrected chi connectivity index (χ2v) is 10.00. The molecule has 0 saturated carbocycles. The SMILES string of the molecule is Cc1cccc(NC(=O)CSc2nnc(CN(c3ccccc3)S(C)(=O)=O)n2C)c1C. The molecule has 2 aromatic carbocycles. The number of nitrogens with zero attached hydrogens (tertiary/aromatic N) is 4. The Kier molecular flexibility index (Phi) is 7.01. The molecule has 0 aliphatic carbocycles. The fourth-order valence-corrected chi connectivity index (χ4v) is 4.52. The molecule has 3 aromatic rings. The Bertz CT molecular complexity index is 1180. The van der Waals surface area contributed by atoms with E-state index in [2.05, 4.69) is 15.5 Å². The van der Waals surface area contributed by atoms with Gasteiger partial charge in [0.1, 0.15) is 0 Å². The van der Waals surface area contributed by atoms with Crippen LogP contribution >= 0.6 is 11.8 Å². The lowest BCUT2D eigenvalue weighted by atomic mass is 10.1. The molecule has 0 radical (unpaired) electrons. The summed E-state index contributed by atoms with van der Waals surface area (Å²) >= 11 is 1.25. The fourth-order valence-electron chi connectivity index (χ4n) is 2.93. The van der Waals surface area contributed by atoms with Crippen LogP contribution in [0.4, 0.5) is 11.4 Å². The monoisotopic (exact) mass is 459 g/mol. The summed E-state index contributed by atoms with van der Waals surface area (Å²) in [6, 6.07) is 14.6. The summed E-state index contributed by atoms with van der Waals surface area (Å²) in [6.07, 6.45) is 1.16. The topological polar surface area (TPSA) is 97.2 Å². The molecular weight excluding hydrogens is 434 g/mol. The van der Waals surface area contributed by atoms with Crippen LogP contribution in [0.25, 0.3) is 0 Å². The first kappa shape index (κ1) is 22.8. The predicted molar refractivity (Wildman–Crippen MR) is 124 cm³/mol. The van der Waals surface area contributed by atoms with Gasteiger partial charge in [-0.2, -0.15) is 0 Å². The summed E-state index contributed by atoms with van der Waals surface area (Å²) in [4.78, 5) is 12.4. The van der Waals surface area contributed by atoms with E-state index in [1.54, 1.807) is 35.9 Å². The van der Waals surface area contributed by atoms with E-state index in [1.165, 1.54) is 16.1 Å². The van der Waals surface area contributed by atoms with E-state index in [4.69, 9.17) is 0 Å². The minimum Gasteiger partial charge on any atom is -0.325 e. The molecule has 0 fully saturated rings. The Hall–Kier alpha value is -2.85. The number of amides is 1. The highest BCUT2D eigenvalue weighted by Gasteiger charge is 2.21. The Morgan fingerprint density at radius 1 is 1.10 bits per heavy atom. The molecule has 3 rings (SSSR count). The molecule has 0 saturated heterocycles. The summed E-state index contributed by atoms with van der Waals surface area (Å²) in [7, 11) is -1.75. The minimum absolute atomic E-state index is 0.0432. The predicted octanol–water partition coefficient (Wildman–Crippen LogP) is 3.13. The molecule has 1 amide bonds. The molecule has 8 nitrogen and oxygen atoms in total. The molecule has 0 unspecified atom stereocenters. The summed E-state index contributed by atoms with van der Waals surface area (Å²) in [5.74, 6) is 0.491. The molecule has 1 aromatic heterocycles. The smallest absolute Gasteiger partial charge is 0.234 e. The maximum Gasteiger partial charge on any atom is 0.234 e. The number of anilines is 2. The number of sulfonamides is 1. The summed E-state index contributed by atoms with van der Waals surface area (Å²) < 4.78 is 27.6. The molecule has 1 N–H and O–H groups in total. The highest BCUT2D eigenvalue weighted by atomic mass is 32.2. The maximum atomic E-state index is 12.4. The number of aromatic nitrogens is 3. The number of hydrogen-bond acceptors (Lipinski definition) is 6. The van der Waals surface area contributed by atoms with Gasteiger partial charge >= 0.3 is 0 Å². The number of thioether (sulfide) groups is 1. The van der Waals surface area contributed by atoms with Crippen LogP contribution in [0.15, 0.2) is 53.7 Å². The molecule has 0 atom stereocenters. The van der Waals surface area contributed by atoms with Gasteiger partial charge < -0.3 is 9.88 Å². The third-order valence-corrected chi connectivity index (χ3v) is 7.03. The van der Waals surface area contributed by atoms with Crippen molar-refractivity contribution in [2.45, 2.75) is 25.5 Å². The number of hydrogen-bond donors (Lipinski definition) is 1. The molecule has 1 heterocycles. The van der Waals surface area contributed by atoms with Crippen LogP contribution in [-0.4, -0.2) is 41.1 Å². The van der Waals surface area contributed by atoms with Gasteiger partial charge in [-0.15, -0.1) is 10.2 Å². The van der Waals surface area contributed by atoms with Gasteiger partial charge in [-0.3, -0.25) is 9.10 Å². The van der Waals surface area contributed by atoms with E-state index < -0.39 is 10.0 Å². The molecule has 10 heteroatoms. The van der Waals surface area contributed by atoms with Crippen molar-refractivity contribution in [3.8, 4) is 0 Å². The van der Waals surface area contributed by atoms with Gasteiger partial charge in [-0.1, -0.05) is 42.1 Å². The fraction of sp³-hybridized carbons (Fsp3) is 0.286. The number of rotatable bonds is 8. The first-order valence-electron chi connectivity index (χ1n) is 9.56. The first-order valence-corrected chi connectivity index (χ1v) is 12.4. The standard InChI is InChI=1S/C21H25N5O3S2/c1-15-9-8-12-18(16(15)2)22-20(27)14-30-21-24-23-19(25(21)3)13-26(31(4,28)29)17-10-6-5-7-11-17/h5-12H,13-14H2,1-4H3,(H,22,27). The average Bonchev–Trinajstić information content (AvgIpc) is 3.07. The number of aryl methyl sites for hydroxylation is 1. The third kappa shape index (κ3) is 5.65. The highest BCUT2D eigenvalue weighted by molar-refractivity contribution is 7.99. The van der Waals surface area contributed by atoms with Crippen LogP contribution in [0.5, 0.6) is 0 Å². The highest BCUT2D eigenvalue weighted by Crippen LogP contribution is 2.23. The molecule has 31 heavy (non-hydrogen) atoms. The minimum atomic E-state index is -3.51. The van der Waals surface area contributed by atoms with Gasteiger partial charge in [0.15, 0.2) is 11.0 Å². The number of nitrogens with one attached hydrogen (secondary N) is 1. The van der Waals surface area contributed by atoms with Crippen molar-refractivity contribution >= 4 is 39.1 Å². The average molecular weight is 460 g/mol. The van der Waals surface area contributed by atoms with Gasteiger partial charge in [-0.05, 0) is 43.2 Å². The van der Waals surface area contributed by atoms with Crippen LogP contribution in [-0.2, 0) is 28.4 Å². The van der Waals surface area contributed by atoms with E-state index in [0.29, 0.717) is 16.7 Å². The Balaban J connectivity index is 1.68. The first-order chi connectivity index (χ1) is 14.7. The lowest BCUT2D eigenvalue weighted by Crippen LogP contribution is -2.30. The number of carbonyl (C=O) groups is 1. The Morgan fingerprint density at radius 3 is 2.48 bits per heavy atom. The van der Waals surface area contributed by atoms with E-state index in [-0.39, 0.29) is 18.2 Å².